The fourth-order valence-corrected chi connectivity index (χ4v) is 2.18. The van der Waals surface area contributed by atoms with E-state index in [-0.39, 0.29) is 0 Å². The fraction of sp³-hybridized carbons (Fsp3) is 0.500. The van der Waals surface area contributed by atoms with Crippen molar-refractivity contribution >= 4 is 22.9 Å². The average molecular weight is 191 g/mol. The maximum Gasteiger partial charge on any atom is 0.0931 e. The molecule has 0 aromatic carbocycles. The number of halogens is 1. The Morgan fingerprint density at radius 2 is 2.18 bits per heavy atom. The molecule has 62 valence electrons. The Balaban J connectivity index is 2.65. The first-order chi connectivity index (χ1) is 4.97. The molecule has 0 aliphatic carbocycles. The van der Waals surface area contributed by atoms with Crippen molar-refractivity contribution in [3.63, 3.8) is 0 Å². The van der Waals surface area contributed by atoms with Crippen molar-refractivity contribution in [2.75, 3.05) is 0 Å². The van der Waals surface area contributed by atoms with Crippen LogP contribution in [0.3, 0.4) is 0 Å². The topological polar surface area (TPSA) is 20.2 Å². The van der Waals surface area contributed by atoms with E-state index in [0.29, 0.717) is 6.42 Å². The second-order valence-corrected chi connectivity index (χ2v) is 4.99. The van der Waals surface area contributed by atoms with Crippen LogP contribution in [0.2, 0.25) is 4.34 Å². The highest BCUT2D eigenvalue weighted by Gasteiger charge is 2.14. The summed E-state index contributed by atoms with van der Waals surface area (Å²) < 4.78 is 0.782. The summed E-state index contributed by atoms with van der Waals surface area (Å²) in [7, 11) is 0. The van der Waals surface area contributed by atoms with Gasteiger partial charge in [0, 0.05) is 11.3 Å². The molecule has 0 aliphatic rings. The van der Waals surface area contributed by atoms with Gasteiger partial charge in [0.2, 0.25) is 0 Å². The normalized spacial score (nSPS) is 12.0. The lowest BCUT2D eigenvalue weighted by Gasteiger charge is -2.14. The highest BCUT2D eigenvalue weighted by Crippen LogP contribution is 2.24. The minimum absolute atomic E-state index is 0.631. The molecule has 0 saturated carbocycles. The predicted molar refractivity (Wildman–Crippen MR) is 49.3 cm³/mol. The molecule has 3 heteroatoms. The van der Waals surface area contributed by atoms with Gasteiger partial charge in [-0.05, 0) is 26.0 Å². The van der Waals surface area contributed by atoms with Crippen molar-refractivity contribution in [3.05, 3.63) is 21.3 Å². The van der Waals surface area contributed by atoms with E-state index in [0.717, 1.165) is 9.21 Å². The number of aliphatic hydroxyl groups is 1. The van der Waals surface area contributed by atoms with Crippen molar-refractivity contribution in [1.82, 2.24) is 0 Å². The summed E-state index contributed by atoms with van der Waals surface area (Å²) >= 11 is 7.25. The first-order valence-corrected chi connectivity index (χ1v) is 4.63. The van der Waals surface area contributed by atoms with E-state index >= 15 is 0 Å². The molecule has 0 spiro atoms. The number of thiophene rings is 1. The van der Waals surface area contributed by atoms with Crippen LogP contribution in [0.25, 0.3) is 0 Å². The molecule has 1 heterocycles. The van der Waals surface area contributed by atoms with Crippen LogP contribution in [0.15, 0.2) is 12.1 Å². The maximum absolute atomic E-state index is 9.44. The van der Waals surface area contributed by atoms with Crippen molar-refractivity contribution in [1.29, 1.82) is 0 Å². The van der Waals surface area contributed by atoms with E-state index < -0.39 is 5.60 Å². The first-order valence-electron chi connectivity index (χ1n) is 3.44. The Morgan fingerprint density at radius 1 is 1.55 bits per heavy atom. The van der Waals surface area contributed by atoms with Gasteiger partial charge in [0.25, 0.3) is 0 Å². The maximum atomic E-state index is 9.44. The van der Waals surface area contributed by atoms with E-state index in [1.807, 2.05) is 12.1 Å². The van der Waals surface area contributed by atoms with Gasteiger partial charge in [-0.2, -0.15) is 0 Å². The minimum Gasteiger partial charge on any atom is -0.390 e. The smallest absolute Gasteiger partial charge is 0.0931 e. The Morgan fingerprint density at radius 3 is 2.55 bits per heavy atom. The summed E-state index contributed by atoms with van der Waals surface area (Å²) in [5, 5.41) is 9.44. The Hall–Kier alpha value is -0.0500. The zero-order valence-electron chi connectivity index (χ0n) is 6.60. The lowest BCUT2D eigenvalue weighted by atomic mass is 10.1. The standard InChI is InChI=1S/C8H11ClOS/c1-8(2,10)5-6-3-4-7(9)11-6/h3-4,10H,5H2,1-2H3. The van der Waals surface area contributed by atoms with Gasteiger partial charge in [-0.15, -0.1) is 11.3 Å². The van der Waals surface area contributed by atoms with Crippen molar-refractivity contribution in [3.8, 4) is 0 Å². The molecule has 1 N–H and O–H groups in total. The van der Waals surface area contributed by atoms with Crippen LogP contribution in [0.4, 0.5) is 0 Å². The summed E-state index contributed by atoms with van der Waals surface area (Å²) in [5.74, 6) is 0. The van der Waals surface area contributed by atoms with Gasteiger partial charge in [0.15, 0.2) is 0 Å². The van der Waals surface area contributed by atoms with Crippen LogP contribution in [0.5, 0.6) is 0 Å². The van der Waals surface area contributed by atoms with Crippen molar-refractivity contribution < 1.29 is 5.11 Å². The summed E-state index contributed by atoms with van der Waals surface area (Å²) in [5.41, 5.74) is -0.631. The SMILES string of the molecule is CC(C)(O)Cc1ccc(Cl)s1. The summed E-state index contributed by atoms with van der Waals surface area (Å²) in [4.78, 5) is 1.13. The van der Waals surface area contributed by atoms with Crippen LogP contribution >= 0.6 is 22.9 Å². The quantitative estimate of drug-likeness (QED) is 0.761. The Bertz CT molecular complexity index is 236. The van der Waals surface area contributed by atoms with Gasteiger partial charge >= 0.3 is 0 Å². The van der Waals surface area contributed by atoms with Crippen LogP contribution in [0.1, 0.15) is 18.7 Å². The van der Waals surface area contributed by atoms with E-state index in [4.69, 9.17) is 11.6 Å². The number of hydrogen-bond acceptors (Lipinski definition) is 2. The molecule has 1 rings (SSSR count). The van der Waals surface area contributed by atoms with Crippen molar-refractivity contribution in [2.24, 2.45) is 0 Å². The molecule has 1 aromatic rings. The van der Waals surface area contributed by atoms with Gasteiger partial charge in [0.05, 0.1) is 9.94 Å². The molecule has 0 aliphatic heterocycles. The second kappa shape index (κ2) is 3.13. The molecular formula is C8H11ClOS. The van der Waals surface area contributed by atoms with Crippen molar-refractivity contribution in [2.45, 2.75) is 25.9 Å². The summed E-state index contributed by atoms with van der Waals surface area (Å²) in [6.07, 6.45) is 0.671. The van der Waals surface area contributed by atoms with Crippen LogP contribution in [-0.4, -0.2) is 10.7 Å². The number of hydrogen-bond donors (Lipinski definition) is 1. The molecule has 0 bridgehead atoms. The van der Waals surface area contributed by atoms with E-state index in [1.165, 1.54) is 11.3 Å². The predicted octanol–water partition coefficient (Wildman–Crippen LogP) is 2.71. The van der Waals surface area contributed by atoms with Gasteiger partial charge in [-0.25, -0.2) is 0 Å². The lowest BCUT2D eigenvalue weighted by Crippen LogP contribution is -2.20. The van der Waals surface area contributed by atoms with E-state index in [2.05, 4.69) is 0 Å². The summed E-state index contributed by atoms with van der Waals surface area (Å²) in [6.45, 7) is 3.58. The number of rotatable bonds is 2. The zero-order chi connectivity index (χ0) is 8.48. The third kappa shape index (κ3) is 3.23. The zero-order valence-corrected chi connectivity index (χ0v) is 8.17. The molecule has 1 nitrogen and oxygen atoms in total. The average Bonchev–Trinajstić information content (AvgIpc) is 2.10. The van der Waals surface area contributed by atoms with E-state index in [1.54, 1.807) is 13.8 Å². The third-order valence-electron chi connectivity index (χ3n) is 1.24. The minimum atomic E-state index is -0.631. The van der Waals surface area contributed by atoms with Crippen LogP contribution < -0.4 is 0 Å². The molecule has 0 amide bonds. The fourth-order valence-electron chi connectivity index (χ4n) is 0.873. The largest absolute Gasteiger partial charge is 0.390 e. The van der Waals surface area contributed by atoms with Gasteiger partial charge in [0.1, 0.15) is 0 Å². The van der Waals surface area contributed by atoms with Crippen LogP contribution in [-0.2, 0) is 6.42 Å². The molecule has 1 aromatic heterocycles. The third-order valence-corrected chi connectivity index (χ3v) is 2.47. The highest BCUT2D eigenvalue weighted by molar-refractivity contribution is 7.16. The molecular weight excluding hydrogens is 180 g/mol. The molecule has 0 saturated heterocycles. The summed E-state index contributed by atoms with van der Waals surface area (Å²) in [6, 6.07) is 3.80. The second-order valence-electron chi connectivity index (χ2n) is 3.20. The lowest BCUT2D eigenvalue weighted by molar-refractivity contribution is 0.0818. The molecule has 0 fully saturated rings. The molecule has 0 unspecified atom stereocenters. The van der Waals surface area contributed by atoms with Gasteiger partial charge < -0.3 is 5.11 Å². The molecule has 0 atom stereocenters. The highest BCUT2D eigenvalue weighted by atomic mass is 35.5. The Kier molecular flexibility index (Phi) is 2.58. The van der Waals surface area contributed by atoms with Crippen LogP contribution in [0, 0.1) is 0 Å². The van der Waals surface area contributed by atoms with E-state index in [9.17, 15) is 5.11 Å². The Labute approximate surface area is 75.6 Å². The monoisotopic (exact) mass is 190 g/mol. The molecule has 0 radical (unpaired) electrons. The van der Waals surface area contributed by atoms with Gasteiger partial charge in [-0.3, -0.25) is 0 Å². The first kappa shape index (κ1) is 9.04. The molecule has 11 heavy (non-hydrogen) atoms. The van der Waals surface area contributed by atoms with Gasteiger partial charge in [-0.1, -0.05) is 11.6 Å².